The van der Waals surface area contributed by atoms with Gasteiger partial charge >= 0.3 is 0 Å². The van der Waals surface area contributed by atoms with E-state index in [0.29, 0.717) is 19.1 Å². The quantitative estimate of drug-likeness (QED) is 0.501. The van der Waals surface area contributed by atoms with Gasteiger partial charge in [-0.25, -0.2) is 0 Å². The molecule has 0 N–H and O–H groups in total. The second-order valence-electron chi connectivity index (χ2n) is 5.46. The average Bonchev–Trinajstić information content (AvgIpc) is 2.33. The predicted molar refractivity (Wildman–Crippen MR) is 76.0 cm³/mol. The van der Waals surface area contributed by atoms with Crippen molar-refractivity contribution < 1.29 is 14.2 Å². The van der Waals surface area contributed by atoms with E-state index in [9.17, 15) is 0 Å². The highest BCUT2D eigenvalue weighted by Gasteiger charge is 2.08. The molecule has 0 rings (SSSR count). The van der Waals surface area contributed by atoms with Gasteiger partial charge in [0.25, 0.3) is 0 Å². The molecule has 0 aromatic heterocycles. The second kappa shape index (κ2) is 11.9. The fourth-order valence-corrected chi connectivity index (χ4v) is 1.46. The van der Waals surface area contributed by atoms with Crippen LogP contribution in [-0.2, 0) is 14.2 Å². The Hall–Kier alpha value is -0.120. The lowest BCUT2D eigenvalue weighted by Crippen LogP contribution is -2.24. The Bertz CT molecular complexity index is 171. The lowest BCUT2D eigenvalue weighted by Gasteiger charge is -2.18. The number of rotatable bonds is 12. The Balaban J connectivity index is 3.37. The highest BCUT2D eigenvalue weighted by atomic mass is 16.6. The molecule has 0 aromatic rings. The predicted octanol–water partition coefficient (Wildman–Crippen LogP) is 3.66. The van der Waals surface area contributed by atoms with E-state index in [1.165, 1.54) is 12.8 Å². The van der Waals surface area contributed by atoms with Crippen molar-refractivity contribution in [3.05, 3.63) is 0 Å². The Kier molecular flexibility index (Phi) is 11.9. The fourth-order valence-electron chi connectivity index (χ4n) is 1.46. The molecule has 2 unspecified atom stereocenters. The SMILES string of the molecule is CCCCCOCC(C)OCC(C)OCC(C)C. The second-order valence-corrected chi connectivity index (χ2v) is 5.46. The molecular formula is C15H32O3. The van der Waals surface area contributed by atoms with E-state index in [-0.39, 0.29) is 12.2 Å². The number of unbranched alkanes of at least 4 members (excludes halogenated alkanes) is 2. The zero-order valence-electron chi connectivity index (χ0n) is 12.9. The van der Waals surface area contributed by atoms with E-state index in [2.05, 4.69) is 34.6 Å². The molecule has 0 fully saturated rings. The molecule has 0 spiro atoms. The van der Waals surface area contributed by atoms with Gasteiger partial charge in [-0.05, 0) is 26.2 Å². The largest absolute Gasteiger partial charge is 0.379 e. The molecular weight excluding hydrogens is 228 g/mol. The molecule has 0 aliphatic carbocycles. The van der Waals surface area contributed by atoms with Gasteiger partial charge in [0.15, 0.2) is 0 Å². The maximum absolute atomic E-state index is 5.69. The standard InChI is InChI=1S/C15H32O3/c1-6-7-8-9-16-11-14(4)18-12-15(5)17-10-13(2)3/h13-15H,6-12H2,1-5H3. The average molecular weight is 260 g/mol. The van der Waals surface area contributed by atoms with Crippen molar-refractivity contribution in [2.45, 2.75) is 66.1 Å². The number of ether oxygens (including phenoxy) is 3. The highest BCUT2D eigenvalue weighted by Crippen LogP contribution is 2.02. The molecule has 110 valence electrons. The van der Waals surface area contributed by atoms with Crippen LogP contribution in [0, 0.1) is 5.92 Å². The van der Waals surface area contributed by atoms with Crippen LogP contribution in [-0.4, -0.2) is 38.6 Å². The van der Waals surface area contributed by atoms with Crippen LogP contribution in [0.15, 0.2) is 0 Å². The van der Waals surface area contributed by atoms with E-state index in [0.717, 1.165) is 19.6 Å². The molecule has 3 nitrogen and oxygen atoms in total. The molecule has 0 saturated heterocycles. The molecule has 0 heterocycles. The van der Waals surface area contributed by atoms with Crippen molar-refractivity contribution in [2.24, 2.45) is 5.92 Å². The Morgan fingerprint density at radius 2 is 1.39 bits per heavy atom. The maximum atomic E-state index is 5.69. The summed E-state index contributed by atoms with van der Waals surface area (Å²) in [5, 5.41) is 0. The Morgan fingerprint density at radius 1 is 0.778 bits per heavy atom. The van der Waals surface area contributed by atoms with E-state index in [1.54, 1.807) is 0 Å². The summed E-state index contributed by atoms with van der Waals surface area (Å²) >= 11 is 0. The molecule has 18 heavy (non-hydrogen) atoms. The smallest absolute Gasteiger partial charge is 0.0781 e. The minimum absolute atomic E-state index is 0.150. The minimum atomic E-state index is 0.150. The summed E-state index contributed by atoms with van der Waals surface area (Å²) in [6.45, 7) is 13.6. The molecule has 0 saturated carbocycles. The Labute approximate surface area is 113 Å². The summed E-state index contributed by atoms with van der Waals surface area (Å²) in [5.41, 5.74) is 0. The van der Waals surface area contributed by atoms with Crippen molar-refractivity contribution >= 4 is 0 Å². The maximum Gasteiger partial charge on any atom is 0.0781 e. The zero-order valence-corrected chi connectivity index (χ0v) is 12.9. The third kappa shape index (κ3) is 12.3. The highest BCUT2D eigenvalue weighted by molar-refractivity contribution is 4.53. The summed E-state index contributed by atoms with van der Waals surface area (Å²) in [6.07, 6.45) is 3.94. The van der Waals surface area contributed by atoms with E-state index in [1.807, 2.05) is 0 Å². The molecule has 0 bridgehead atoms. The first-order valence-corrected chi connectivity index (χ1v) is 7.37. The summed E-state index contributed by atoms with van der Waals surface area (Å²) < 4.78 is 16.9. The molecule has 2 atom stereocenters. The zero-order chi connectivity index (χ0) is 13.8. The topological polar surface area (TPSA) is 27.7 Å². The molecule has 3 heteroatoms. The van der Waals surface area contributed by atoms with Gasteiger partial charge in [0.1, 0.15) is 0 Å². The van der Waals surface area contributed by atoms with Crippen molar-refractivity contribution in [1.82, 2.24) is 0 Å². The van der Waals surface area contributed by atoms with Crippen molar-refractivity contribution in [2.75, 3.05) is 26.4 Å². The molecule has 0 amide bonds. The third-order valence-corrected chi connectivity index (χ3v) is 2.57. The molecule has 0 radical (unpaired) electrons. The van der Waals surface area contributed by atoms with Gasteiger partial charge in [-0.1, -0.05) is 33.6 Å². The van der Waals surface area contributed by atoms with Crippen LogP contribution in [0.3, 0.4) is 0 Å². The lowest BCUT2D eigenvalue weighted by atomic mass is 10.2. The first-order valence-electron chi connectivity index (χ1n) is 7.37. The Morgan fingerprint density at radius 3 is 2.00 bits per heavy atom. The van der Waals surface area contributed by atoms with Gasteiger partial charge in [0.05, 0.1) is 25.4 Å². The summed E-state index contributed by atoms with van der Waals surface area (Å²) in [6, 6.07) is 0. The van der Waals surface area contributed by atoms with Gasteiger partial charge in [0, 0.05) is 13.2 Å². The van der Waals surface area contributed by atoms with E-state index in [4.69, 9.17) is 14.2 Å². The van der Waals surface area contributed by atoms with Crippen LogP contribution < -0.4 is 0 Å². The summed E-state index contributed by atoms with van der Waals surface area (Å²) in [4.78, 5) is 0. The van der Waals surface area contributed by atoms with Gasteiger partial charge in [0.2, 0.25) is 0 Å². The fraction of sp³-hybridized carbons (Fsp3) is 1.00. The van der Waals surface area contributed by atoms with Crippen molar-refractivity contribution in [3.8, 4) is 0 Å². The van der Waals surface area contributed by atoms with Gasteiger partial charge in [-0.15, -0.1) is 0 Å². The van der Waals surface area contributed by atoms with Crippen LogP contribution in [0.25, 0.3) is 0 Å². The monoisotopic (exact) mass is 260 g/mol. The summed E-state index contributed by atoms with van der Waals surface area (Å²) in [5.74, 6) is 0.576. The molecule has 0 aromatic carbocycles. The lowest BCUT2D eigenvalue weighted by molar-refractivity contribution is -0.0613. The van der Waals surface area contributed by atoms with Gasteiger partial charge in [-0.3, -0.25) is 0 Å². The van der Waals surface area contributed by atoms with Gasteiger partial charge in [-0.2, -0.15) is 0 Å². The molecule has 0 aliphatic rings. The normalized spacial score (nSPS) is 15.0. The van der Waals surface area contributed by atoms with Crippen molar-refractivity contribution in [1.29, 1.82) is 0 Å². The van der Waals surface area contributed by atoms with Crippen LogP contribution in [0.1, 0.15) is 53.9 Å². The van der Waals surface area contributed by atoms with Gasteiger partial charge < -0.3 is 14.2 Å². The third-order valence-electron chi connectivity index (χ3n) is 2.57. The van der Waals surface area contributed by atoms with Crippen molar-refractivity contribution in [3.63, 3.8) is 0 Å². The van der Waals surface area contributed by atoms with Crippen LogP contribution in [0.2, 0.25) is 0 Å². The first-order chi connectivity index (χ1) is 8.56. The number of hydrogen-bond acceptors (Lipinski definition) is 3. The van der Waals surface area contributed by atoms with E-state index < -0.39 is 0 Å². The van der Waals surface area contributed by atoms with Crippen LogP contribution in [0.4, 0.5) is 0 Å². The molecule has 0 aliphatic heterocycles. The first kappa shape index (κ1) is 17.9. The summed E-state index contributed by atoms with van der Waals surface area (Å²) in [7, 11) is 0. The number of hydrogen-bond donors (Lipinski definition) is 0. The minimum Gasteiger partial charge on any atom is -0.379 e. The van der Waals surface area contributed by atoms with E-state index >= 15 is 0 Å². The van der Waals surface area contributed by atoms with Crippen LogP contribution in [0.5, 0.6) is 0 Å². The van der Waals surface area contributed by atoms with Crippen LogP contribution >= 0.6 is 0 Å².